The molecule has 0 aliphatic carbocycles. The number of hydrogen-bond donors (Lipinski definition) is 5. The summed E-state index contributed by atoms with van der Waals surface area (Å²) in [7, 11) is 1.63. The van der Waals surface area contributed by atoms with Crippen LogP contribution >= 0.6 is 24.8 Å². The Labute approximate surface area is 206 Å². The molecular formula is C23H31Cl2N5O3. The summed E-state index contributed by atoms with van der Waals surface area (Å²) in [5.74, 6) is 0.575. The first-order chi connectivity index (χ1) is 14.9. The van der Waals surface area contributed by atoms with E-state index in [0.29, 0.717) is 25.1 Å². The second-order valence-corrected chi connectivity index (χ2v) is 7.73. The van der Waals surface area contributed by atoms with E-state index in [2.05, 4.69) is 16.0 Å². The fourth-order valence-electron chi connectivity index (χ4n) is 3.61. The first kappa shape index (κ1) is 28.2. The monoisotopic (exact) mass is 495 g/mol. The van der Waals surface area contributed by atoms with Crippen molar-refractivity contribution in [2.75, 3.05) is 13.7 Å². The van der Waals surface area contributed by atoms with Gasteiger partial charge in [0.2, 0.25) is 11.8 Å². The summed E-state index contributed by atoms with van der Waals surface area (Å²) >= 11 is 0. The molecule has 1 heterocycles. The minimum Gasteiger partial charge on any atom is -0.497 e. The molecule has 10 heteroatoms. The highest BCUT2D eigenvalue weighted by molar-refractivity contribution is 5.95. The Kier molecular flexibility index (Phi) is 11.1. The van der Waals surface area contributed by atoms with Crippen LogP contribution in [0.5, 0.6) is 5.75 Å². The lowest BCUT2D eigenvalue weighted by atomic mass is 9.96. The fourth-order valence-corrected chi connectivity index (χ4v) is 3.61. The molecule has 1 saturated heterocycles. The van der Waals surface area contributed by atoms with Crippen molar-refractivity contribution >= 4 is 42.5 Å². The van der Waals surface area contributed by atoms with Crippen molar-refractivity contribution in [2.45, 2.75) is 37.9 Å². The van der Waals surface area contributed by atoms with E-state index in [-0.39, 0.29) is 54.4 Å². The number of amidine groups is 1. The summed E-state index contributed by atoms with van der Waals surface area (Å²) in [6.45, 7) is 2.69. The number of nitrogen functional groups attached to an aromatic ring is 1. The van der Waals surface area contributed by atoms with E-state index in [1.165, 1.54) is 0 Å². The van der Waals surface area contributed by atoms with Crippen molar-refractivity contribution < 1.29 is 14.3 Å². The molecule has 6 N–H and O–H groups in total. The Balaban J connectivity index is 0.00000272. The highest BCUT2D eigenvalue weighted by Gasteiger charge is 2.31. The number of amides is 2. The fraction of sp³-hybridized carbons (Fsp3) is 0.348. The minimum atomic E-state index is -0.651. The first-order valence-corrected chi connectivity index (χ1v) is 10.3. The van der Waals surface area contributed by atoms with Gasteiger partial charge in [-0.1, -0.05) is 36.4 Å². The summed E-state index contributed by atoms with van der Waals surface area (Å²) in [5, 5.41) is 16.3. The summed E-state index contributed by atoms with van der Waals surface area (Å²) in [5.41, 5.74) is 8.09. The van der Waals surface area contributed by atoms with Gasteiger partial charge in [0.1, 0.15) is 17.6 Å². The summed E-state index contributed by atoms with van der Waals surface area (Å²) in [6, 6.07) is 14.0. The highest BCUT2D eigenvalue weighted by atomic mass is 35.5. The standard InChI is InChI=1S/C23H29N5O3.2ClH/c1-14(22(29)27-12-15-6-8-16(9-7-15)21(24)25)28-23(30)20-11-18(13-26-20)17-4-3-5-19(10-17)31-2;;/h3-10,14,18,20,26H,11-13H2,1-2H3,(H3,24,25)(H,27,29)(H,28,30);2*1H/t14?,18-,20+;;/m0../s1. The molecule has 180 valence electrons. The van der Waals surface area contributed by atoms with E-state index in [1.807, 2.05) is 24.3 Å². The highest BCUT2D eigenvalue weighted by Crippen LogP contribution is 2.28. The van der Waals surface area contributed by atoms with Gasteiger partial charge in [0, 0.05) is 18.7 Å². The van der Waals surface area contributed by atoms with Crippen molar-refractivity contribution in [3.05, 3.63) is 65.2 Å². The molecular weight excluding hydrogens is 465 g/mol. The van der Waals surface area contributed by atoms with Gasteiger partial charge in [0.25, 0.3) is 0 Å². The Bertz CT molecular complexity index is 955. The normalized spacial score (nSPS) is 17.6. The van der Waals surface area contributed by atoms with Crippen molar-refractivity contribution in [1.82, 2.24) is 16.0 Å². The maximum Gasteiger partial charge on any atom is 0.242 e. The lowest BCUT2D eigenvalue weighted by molar-refractivity contribution is -0.129. The zero-order valence-electron chi connectivity index (χ0n) is 18.6. The third kappa shape index (κ3) is 7.63. The first-order valence-electron chi connectivity index (χ1n) is 10.3. The Morgan fingerprint density at radius 1 is 1.21 bits per heavy atom. The molecule has 0 aromatic heterocycles. The van der Waals surface area contributed by atoms with Crippen LogP contribution in [0.3, 0.4) is 0 Å². The van der Waals surface area contributed by atoms with Crippen molar-refractivity contribution in [1.29, 1.82) is 5.41 Å². The zero-order chi connectivity index (χ0) is 22.4. The number of methoxy groups -OCH3 is 1. The van der Waals surface area contributed by atoms with Crippen LogP contribution < -0.4 is 26.4 Å². The smallest absolute Gasteiger partial charge is 0.242 e. The third-order valence-corrected chi connectivity index (χ3v) is 5.50. The summed E-state index contributed by atoms with van der Waals surface area (Å²) in [4.78, 5) is 25.0. The summed E-state index contributed by atoms with van der Waals surface area (Å²) < 4.78 is 5.28. The molecule has 0 radical (unpaired) electrons. The maximum absolute atomic E-state index is 12.6. The van der Waals surface area contributed by atoms with Gasteiger partial charge in [-0.25, -0.2) is 0 Å². The Morgan fingerprint density at radius 3 is 2.55 bits per heavy atom. The van der Waals surface area contributed by atoms with Crippen molar-refractivity contribution in [2.24, 2.45) is 5.73 Å². The number of carbonyl (C=O) groups is 2. The van der Waals surface area contributed by atoms with Crippen LogP contribution in [0, 0.1) is 5.41 Å². The average molecular weight is 496 g/mol. The predicted molar refractivity (Wildman–Crippen MR) is 134 cm³/mol. The molecule has 8 nitrogen and oxygen atoms in total. The van der Waals surface area contributed by atoms with Gasteiger partial charge >= 0.3 is 0 Å². The van der Waals surface area contributed by atoms with Crippen LogP contribution in [0.15, 0.2) is 48.5 Å². The van der Waals surface area contributed by atoms with Crippen LogP contribution in [0.25, 0.3) is 0 Å². The average Bonchev–Trinajstić information content (AvgIpc) is 3.28. The van der Waals surface area contributed by atoms with Gasteiger partial charge in [-0.2, -0.15) is 0 Å². The van der Waals surface area contributed by atoms with E-state index in [0.717, 1.165) is 16.9 Å². The molecule has 0 bridgehead atoms. The predicted octanol–water partition coefficient (Wildman–Crippen LogP) is 2.09. The molecule has 1 aliphatic rings. The lowest BCUT2D eigenvalue weighted by Gasteiger charge is -2.17. The van der Waals surface area contributed by atoms with Crippen LogP contribution in [0.2, 0.25) is 0 Å². The van der Waals surface area contributed by atoms with Crippen LogP contribution in [-0.4, -0.2) is 43.4 Å². The molecule has 1 aliphatic heterocycles. The molecule has 0 saturated carbocycles. The SMILES string of the molecule is COc1cccc([C@@H]2CN[C@@H](C(=O)NC(C)C(=O)NCc3ccc(C(=N)N)cc3)C2)c1.Cl.Cl. The molecule has 1 fully saturated rings. The molecule has 0 spiro atoms. The second kappa shape index (κ2) is 13.0. The van der Waals surface area contributed by atoms with E-state index in [1.54, 1.807) is 38.3 Å². The zero-order valence-corrected chi connectivity index (χ0v) is 20.2. The molecule has 2 aromatic carbocycles. The summed E-state index contributed by atoms with van der Waals surface area (Å²) in [6.07, 6.45) is 0.663. The Morgan fingerprint density at radius 2 is 1.91 bits per heavy atom. The molecule has 2 amide bonds. The number of halogens is 2. The molecule has 3 atom stereocenters. The quantitative estimate of drug-likeness (QED) is 0.282. The number of nitrogens with two attached hydrogens (primary N) is 1. The van der Waals surface area contributed by atoms with Gasteiger partial charge in [-0.15, -0.1) is 24.8 Å². The second-order valence-electron chi connectivity index (χ2n) is 7.73. The van der Waals surface area contributed by atoms with E-state index >= 15 is 0 Å². The molecule has 3 rings (SSSR count). The van der Waals surface area contributed by atoms with Crippen molar-refractivity contribution in [3.8, 4) is 5.75 Å². The van der Waals surface area contributed by atoms with E-state index in [4.69, 9.17) is 15.9 Å². The van der Waals surface area contributed by atoms with Crippen LogP contribution in [0.4, 0.5) is 0 Å². The Hall–Kier alpha value is -2.81. The van der Waals surface area contributed by atoms with E-state index in [9.17, 15) is 9.59 Å². The van der Waals surface area contributed by atoms with Gasteiger partial charge < -0.3 is 26.4 Å². The van der Waals surface area contributed by atoms with Gasteiger partial charge in [0.15, 0.2) is 0 Å². The lowest BCUT2D eigenvalue weighted by Crippen LogP contribution is -2.49. The molecule has 1 unspecified atom stereocenters. The molecule has 2 aromatic rings. The van der Waals surface area contributed by atoms with Gasteiger partial charge in [-0.05, 0) is 42.5 Å². The minimum absolute atomic E-state index is 0. The van der Waals surface area contributed by atoms with Gasteiger partial charge in [0.05, 0.1) is 13.2 Å². The van der Waals surface area contributed by atoms with E-state index < -0.39 is 6.04 Å². The number of ether oxygens (including phenoxy) is 1. The maximum atomic E-state index is 12.6. The number of benzene rings is 2. The number of hydrogen-bond acceptors (Lipinski definition) is 5. The largest absolute Gasteiger partial charge is 0.497 e. The van der Waals surface area contributed by atoms with Crippen LogP contribution in [-0.2, 0) is 16.1 Å². The molecule has 33 heavy (non-hydrogen) atoms. The van der Waals surface area contributed by atoms with Gasteiger partial charge in [-0.3, -0.25) is 15.0 Å². The topological polar surface area (TPSA) is 129 Å². The number of rotatable bonds is 8. The third-order valence-electron chi connectivity index (χ3n) is 5.50. The number of nitrogens with one attached hydrogen (secondary N) is 4. The van der Waals surface area contributed by atoms with Crippen LogP contribution in [0.1, 0.15) is 36.0 Å². The number of carbonyl (C=O) groups excluding carboxylic acids is 2. The van der Waals surface area contributed by atoms with Crippen molar-refractivity contribution in [3.63, 3.8) is 0 Å².